The topological polar surface area (TPSA) is 77.5 Å². The molecule has 0 unspecified atom stereocenters. The van der Waals surface area contributed by atoms with E-state index >= 15 is 0 Å². The fourth-order valence-corrected chi connectivity index (χ4v) is 0.816. The molecule has 4 nitrogen and oxygen atoms in total. The first-order valence-electron chi connectivity index (χ1n) is 3.32. The average Bonchev–Trinajstić information content (AvgIpc) is 2.35. The number of guanidine groups is 1. The van der Waals surface area contributed by atoms with E-state index in [0.29, 0.717) is 0 Å². The van der Waals surface area contributed by atoms with Gasteiger partial charge in [0.2, 0.25) is 0 Å². The van der Waals surface area contributed by atoms with Crippen LogP contribution in [0.15, 0.2) is 27.8 Å². The quantitative estimate of drug-likeness (QED) is 0.482. The van der Waals surface area contributed by atoms with Gasteiger partial charge in [-0.25, -0.2) is 4.99 Å². The van der Waals surface area contributed by atoms with Crippen LogP contribution in [0, 0.1) is 0 Å². The molecule has 0 aliphatic carbocycles. The van der Waals surface area contributed by atoms with Gasteiger partial charge in [0.15, 0.2) is 5.96 Å². The maximum absolute atomic E-state index is 5.19. The molecule has 0 saturated carbocycles. The number of aliphatic imine (C=N–C) groups is 1. The third-order valence-corrected chi connectivity index (χ3v) is 1.30. The van der Waals surface area contributed by atoms with Crippen molar-refractivity contribution in [3.63, 3.8) is 0 Å². The van der Waals surface area contributed by atoms with Gasteiger partial charge in [0.25, 0.3) is 0 Å². The number of hydrogen-bond acceptors (Lipinski definition) is 2. The molecule has 0 amide bonds. The Bertz CT molecular complexity index is 236. The summed E-state index contributed by atoms with van der Waals surface area (Å²) in [6.45, 7) is 1.86. The summed E-state index contributed by atoms with van der Waals surface area (Å²) in [7, 11) is 0. The number of hydrogen-bond donors (Lipinski definition) is 2. The van der Waals surface area contributed by atoms with Crippen molar-refractivity contribution in [3.8, 4) is 0 Å². The third-order valence-electron chi connectivity index (χ3n) is 1.30. The average molecular weight is 153 g/mol. The summed E-state index contributed by atoms with van der Waals surface area (Å²) in [5.41, 5.74) is 10.4. The summed E-state index contributed by atoms with van der Waals surface area (Å²) in [4.78, 5) is 3.90. The first-order chi connectivity index (χ1) is 5.20. The van der Waals surface area contributed by atoms with Gasteiger partial charge in [-0.2, -0.15) is 0 Å². The molecular formula is C7H11N3O. The smallest absolute Gasteiger partial charge is 0.186 e. The number of furan rings is 1. The van der Waals surface area contributed by atoms with Crippen LogP contribution in [0.5, 0.6) is 0 Å². The second kappa shape index (κ2) is 3.09. The number of nitrogens with two attached hydrogens (primary N) is 2. The van der Waals surface area contributed by atoms with Crippen LogP contribution in [0.1, 0.15) is 18.7 Å². The monoisotopic (exact) mass is 153 g/mol. The van der Waals surface area contributed by atoms with Gasteiger partial charge in [-0.3, -0.25) is 0 Å². The van der Waals surface area contributed by atoms with Crippen LogP contribution in [0.25, 0.3) is 0 Å². The summed E-state index contributed by atoms with van der Waals surface area (Å²) in [5.74, 6) is 0.840. The van der Waals surface area contributed by atoms with E-state index < -0.39 is 0 Å². The fraction of sp³-hybridized carbons (Fsp3) is 0.286. The van der Waals surface area contributed by atoms with Gasteiger partial charge in [0, 0.05) is 0 Å². The van der Waals surface area contributed by atoms with Gasteiger partial charge in [-0.15, -0.1) is 0 Å². The molecule has 60 valence electrons. The van der Waals surface area contributed by atoms with E-state index in [1.54, 1.807) is 12.3 Å². The highest BCUT2D eigenvalue weighted by Gasteiger charge is 2.04. The van der Waals surface area contributed by atoms with E-state index in [1.807, 2.05) is 13.0 Å². The molecule has 0 saturated heterocycles. The van der Waals surface area contributed by atoms with Crippen LogP contribution in [-0.2, 0) is 0 Å². The van der Waals surface area contributed by atoms with E-state index in [-0.39, 0.29) is 12.0 Å². The molecule has 1 atom stereocenters. The lowest BCUT2D eigenvalue weighted by atomic mass is 10.3. The van der Waals surface area contributed by atoms with Crippen LogP contribution in [0.3, 0.4) is 0 Å². The van der Waals surface area contributed by atoms with Crippen LogP contribution in [0.2, 0.25) is 0 Å². The highest BCUT2D eigenvalue weighted by Crippen LogP contribution is 2.15. The van der Waals surface area contributed by atoms with Crippen molar-refractivity contribution in [3.05, 3.63) is 24.2 Å². The highest BCUT2D eigenvalue weighted by molar-refractivity contribution is 5.75. The standard InChI is InChI=1S/C7H11N3O/c1-5(10-7(8)9)6-3-2-4-11-6/h2-5H,1H3,(H4,8,9,10)/t5-/m0/s1. The predicted molar refractivity (Wildman–Crippen MR) is 42.9 cm³/mol. The Morgan fingerprint density at radius 1 is 1.64 bits per heavy atom. The van der Waals surface area contributed by atoms with Gasteiger partial charge >= 0.3 is 0 Å². The molecule has 4 heteroatoms. The molecule has 1 heterocycles. The van der Waals surface area contributed by atoms with Crippen molar-refractivity contribution in [2.75, 3.05) is 0 Å². The maximum atomic E-state index is 5.19. The lowest BCUT2D eigenvalue weighted by molar-refractivity contribution is 0.480. The first-order valence-corrected chi connectivity index (χ1v) is 3.32. The summed E-state index contributed by atoms with van der Waals surface area (Å²) in [5, 5.41) is 0. The number of nitrogens with zero attached hydrogens (tertiary/aromatic N) is 1. The normalized spacial score (nSPS) is 12.5. The SMILES string of the molecule is C[C@H](N=C(N)N)c1ccco1. The highest BCUT2D eigenvalue weighted by atomic mass is 16.3. The Morgan fingerprint density at radius 3 is 2.82 bits per heavy atom. The van der Waals surface area contributed by atoms with E-state index in [4.69, 9.17) is 15.9 Å². The molecule has 11 heavy (non-hydrogen) atoms. The van der Waals surface area contributed by atoms with Crippen molar-refractivity contribution >= 4 is 5.96 Å². The molecule has 1 rings (SSSR count). The zero-order valence-corrected chi connectivity index (χ0v) is 6.32. The van der Waals surface area contributed by atoms with Gasteiger partial charge in [0.1, 0.15) is 11.8 Å². The first kappa shape index (κ1) is 7.65. The molecular weight excluding hydrogens is 142 g/mol. The summed E-state index contributed by atoms with van der Waals surface area (Å²) >= 11 is 0. The molecule has 0 bridgehead atoms. The van der Waals surface area contributed by atoms with Gasteiger partial charge in [-0.1, -0.05) is 0 Å². The molecule has 4 N–H and O–H groups in total. The second-order valence-electron chi connectivity index (χ2n) is 2.25. The van der Waals surface area contributed by atoms with Crippen molar-refractivity contribution in [2.45, 2.75) is 13.0 Å². The molecule has 0 aromatic carbocycles. The molecule has 1 aromatic heterocycles. The second-order valence-corrected chi connectivity index (χ2v) is 2.25. The molecule has 0 fully saturated rings. The zero-order chi connectivity index (χ0) is 8.27. The molecule has 0 aliphatic rings. The van der Waals surface area contributed by atoms with Crippen molar-refractivity contribution in [2.24, 2.45) is 16.5 Å². The van der Waals surface area contributed by atoms with Crippen molar-refractivity contribution in [1.82, 2.24) is 0 Å². The third kappa shape index (κ3) is 2.00. The molecule has 1 aromatic rings. The predicted octanol–water partition coefficient (Wildman–Crippen LogP) is 0.614. The lowest BCUT2D eigenvalue weighted by Gasteiger charge is -2.00. The lowest BCUT2D eigenvalue weighted by Crippen LogP contribution is -2.23. The van der Waals surface area contributed by atoms with E-state index in [0.717, 1.165) is 5.76 Å². The summed E-state index contributed by atoms with van der Waals surface area (Å²) < 4.78 is 5.08. The van der Waals surface area contributed by atoms with Crippen molar-refractivity contribution < 1.29 is 4.42 Å². The van der Waals surface area contributed by atoms with Crippen LogP contribution < -0.4 is 11.5 Å². The van der Waals surface area contributed by atoms with Crippen LogP contribution in [0.4, 0.5) is 0 Å². The Balaban J connectivity index is 2.71. The van der Waals surface area contributed by atoms with Gasteiger partial charge in [-0.05, 0) is 19.1 Å². The largest absolute Gasteiger partial charge is 0.467 e. The number of rotatable bonds is 2. The molecule has 0 spiro atoms. The van der Waals surface area contributed by atoms with Crippen LogP contribution in [-0.4, -0.2) is 5.96 Å². The van der Waals surface area contributed by atoms with E-state index in [1.165, 1.54) is 0 Å². The zero-order valence-electron chi connectivity index (χ0n) is 6.32. The Morgan fingerprint density at radius 2 is 2.36 bits per heavy atom. The van der Waals surface area contributed by atoms with Gasteiger partial charge in [0.05, 0.1) is 6.26 Å². The van der Waals surface area contributed by atoms with E-state index in [9.17, 15) is 0 Å². The summed E-state index contributed by atoms with van der Waals surface area (Å²) in [6, 6.07) is 3.53. The maximum Gasteiger partial charge on any atom is 0.186 e. The Labute approximate surface area is 64.9 Å². The fourth-order valence-electron chi connectivity index (χ4n) is 0.816. The molecule has 0 radical (unpaired) electrons. The van der Waals surface area contributed by atoms with Crippen molar-refractivity contribution in [1.29, 1.82) is 0 Å². The Kier molecular flexibility index (Phi) is 2.15. The van der Waals surface area contributed by atoms with Gasteiger partial charge < -0.3 is 15.9 Å². The summed E-state index contributed by atoms with van der Waals surface area (Å²) in [6.07, 6.45) is 1.59. The van der Waals surface area contributed by atoms with E-state index in [2.05, 4.69) is 4.99 Å². The minimum atomic E-state index is -0.102. The Hall–Kier alpha value is -1.45. The minimum absolute atomic E-state index is 0.0777. The van der Waals surface area contributed by atoms with Crippen LogP contribution >= 0.6 is 0 Å². The minimum Gasteiger partial charge on any atom is -0.467 e. The molecule has 0 aliphatic heterocycles.